The fourth-order valence-electron chi connectivity index (χ4n) is 3.04. The largest absolute Gasteiger partial charge is 0.477 e. The predicted molar refractivity (Wildman–Crippen MR) is 108 cm³/mol. The molecule has 2 aromatic carbocycles. The van der Waals surface area contributed by atoms with Gasteiger partial charge in [-0.2, -0.15) is 0 Å². The first-order chi connectivity index (χ1) is 14.1. The normalized spacial score (nSPS) is 10.8. The molecule has 144 valence electrons. The number of para-hydroxylation sites is 1. The summed E-state index contributed by atoms with van der Waals surface area (Å²) in [5, 5.41) is 16.9. The number of anilines is 1. The van der Waals surface area contributed by atoms with E-state index in [4.69, 9.17) is 4.52 Å². The molecule has 0 radical (unpaired) electrons. The van der Waals surface area contributed by atoms with Crippen molar-refractivity contribution in [2.75, 3.05) is 5.32 Å². The van der Waals surface area contributed by atoms with Crippen LogP contribution < -0.4 is 5.32 Å². The first-order valence-corrected chi connectivity index (χ1v) is 9.05. The number of aromatic nitrogens is 2. The molecule has 0 aliphatic heterocycles. The van der Waals surface area contributed by atoms with Crippen LogP contribution in [0.2, 0.25) is 0 Å². The summed E-state index contributed by atoms with van der Waals surface area (Å²) in [6, 6.07) is 20.5. The van der Waals surface area contributed by atoms with E-state index in [1.807, 2.05) is 60.7 Å². The third-order valence-electron chi connectivity index (χ3n) is 4.48. The van der Waals surface area contributed by atoms with Crippen LogP contribution in [0, 0.1) is 0 Å². The molecular formula is C22H17N3O4. The van der Waals surface area contributed by atoms with E-state index >= 15 is 0 Å². The van der Waals surface area contributed by atoms with Crippen molar-refractivity contribution in [2.24, 2.45) is 0 Å². The third kappa shape index (κ3) is 3.98. The fraction of sp³-hybridized carbons (Fsp3) is 0.0909. The Kier molecular flexibility index (Phi) is 5.03. The minimum atomic E-state index is -1.26. The van der Waals surface area contributed by atoms with Crippen LogP contribution in [0.4, 0.5) is 5.88 Å². The molecule has 2 heterocycles. The Hall–Kier alpha value is -4.00. The summed E-state index contributed by atoms with van der Waals surface area (Å²) < 4.78 is 5.14. The summed E-state index contributed by atoms with van der Waals surface area (Å²) in [6.45, 7) is 0. The molecule has 2 N–H and O–H groups in total. The lowest BCUT2D eigenvalue weighted by molar-refractivity contribution is -0.116. The summed E-state index contributed by atoms with van der Waals surface area (Å²) in [6.07, 6.45) is 0.718. The fourth-order valence-corrected chi connectivity index (χ4v) is 3.04. The predicted octanol–water partition coefficient (Wildman–Crippen LogP) is 4.16. The van der Waals surface area contributed by atoms with Gasteiger partial charge >= 0.3 is 5.97 Å². The Morgan fingerprint density at radius 3 is 2.52 bits per heavy atom. The van der Waals surface area contributed by atoms with E-state index in [2.05, 4.69) is 15.5 Å². The van der Waals surface area contributed by atoms with Crippen molar-refractivity contribution in [3.05, 3.63) is 77.9 Å². The third-order valence-corrected chi connectivity index (χ3v) is 4.48. The summed E-state index contributed by atoms with van der Waals surface area (Å²) in [5.74, 6) is -1.80. The van der Waals surface area contributed by atoms with Gasteiger partial charge in [0.1, 0.15) is 5.69 Å². The van der Waals surface area contributed by atoms with E-state index in [0.717, 1.165) is 10.9 Å². The second-order valence-corrected chi connectivity index (χ2v) is 6.46. The molecule has 0 saturated heterocycles. The Bertz CT molecular complexity index is 1190. The molecule has 0 unspecified atom stereocenters. The molecule has 0 saturated carbocycles. The number of fused-ring (bicyclic) bond motifs is 1. The number of hydrogen-bond donors (Lipinski definition) is 2. The zero-order chi connectivity index (χ0) is 20.2. The highest BCUT2D eigenvalue weighted by Gasteiger charge is 2.26. The van der Waals surface area contributed by atoms with Crippen LogP contribution in [-0.4, -0.2) is 27.1 Å². The molecule has 7 heteroatoms. The topological polar surface area (TPSA) is 105 Å². The molecule has 0 spiro atoms. The zero-order valence-corrected chi connectivity index (χ0v) is 15.3. The summed E-state index contributed by atoms with van der Waals surface area (Å²) in [5.41, 5.74) is 1.93. The lowest BCUT2D eigenvalue weighted by Crippen LogP contribution is -2.14. The van der Waals surface area contributed by atoms with Gasteiger partial charge in [0.05, 0.1) is 11.2 Å². The molecule has 0 atom stereocenters. The van der Waals surface area contributed by atoms with Crippen molar-refractivity contribution in [3.63, 3.8) is 0 Å². The summed E-state index contributed by atoms with van der Waals surface area (Å²) >= 11 is 0. The number of nitrogens with one attached hydrogen (secondary N) is 1. The average Bonchev–Trinajstić information content (AvgIpc) is 3.16. The van der Waals surface area contributed by atoms with E-state index in [1.165, 1.54) is 0 Å². The van der Waals surface area contributed by atoms with Gasteiger partial charge in [-0.25, -0.2) is 9.78 Å². The maximum atomic E-state index is 12.3. The van der Waals surface area contributed by atoms with Gasteiger partial charge < -0.3 is 9.63 Å². The highest BCUT2D eigenvalue weighted by Crippen LogP contribution is 2.29. The monoisotopic (exact) mass is 387 g/mol. The average molecular weight is 387 g/mol. The molecule has 0 aliphatic rings. The van der Waals surface area contributed by atoms with E-state index < -0.39 is 5.97 Å². The van der Waals surface area contributed by atoms with Gasteiger partial charge in [0.2, 0.25) is 11.8 Å². The van der Waals surface area contributed by atoms with E-state index in [0.29, 0.717) is 17.6 Å². The number of carboxylic acid groups (broad SMARTS) is 1. The van der Waals surface area contributed by atoms with Gasteiger partial charge in [-0.05, 0) is 24.1 Å². The lowest BCUT2D eigenvalue weighted by Gasteiger charge is -2.04. The first kappa shape index (κ1) is 18.4. The number of pyridine rings is 1. The molecule has 0 fully saturated rings. The maximum absolute atomic E-state index is 12.3. The number of amides is 1. The van der Waals surface area contributed by atoms with Crippen LogP contribution in [0.25, 0.3) is 22.3 Å². The van der Waals surface area contributed by atoms with Crippen LogP contribution in [0.3, 0.4) is 0 Å². The Morgan fingerprint density at radius 2 is 1.72 bits per heavy atom. The number of rotatable bonds is 6. The quantitative estimate of drug-likeness (QED) is 0.515. The standard InChI is InChI=1S/C22H17N3O4/c26-18(13-10-14-6-2-1-3-7-14)24-21-19(22(27)28)20(25-29-21)17-12-11-15-8-4-5-9-16(15)23-17/h1-9,11-12H,10,13H2,(H,24,26)(H,27,28). The van der Waals surface area contributed by atoms with E-state index in [9.17, 15) is 14.7 Å². The van der Waals surface area contributed by atoms with Crippen LogP contribution in [0.15, 0.2) is 71.3 Å². The first-order valence-electron chi connectivity index (χ1n) is 9.05. The van der Waals surface area contributed by atoms with Gasteiger partial charge in [-0.3, -0.25) is 10.1 Å². The van der Waals surface area contributed by atoms with Gasteiger partial charge in [0, 0.05) is 11.8 Å². The second-order valence-electron chi connectivity index (χ2n) is 6.46. The molecule has 4 aromatic rings. The molecule has 4 rings (SSSR count). The number of hydrogen-bond acceptors (Lipinski definition) is 5. The Morgan fingerprint density at radius 1 is 0.966 bits per heavy atom. The minimum absolute atomic E-state index is 0.0709. The van der Waals surface area contributed by atoms with Crippen molar-refractivity contribution in [1.82, 2.24) is 10.1 Å². The minimum Gasteiger partial charge on any atom is -0.477 e. The maximum Gasteiger partial charge on any atom is 0.343 e. The number of carbonyl (C=O) groups is 2. The van der Waals surface area contributed by atoms with Crippen molar-refractivity contribution in [2.45, 2.75) is 12.8 Å². The summed E-state index contributed by atoms with van der Waals surface area (Å²) in [7, 11) is 0. The number of benzene rings is 2. The van der Waals surface area contributed by atoms with Crippen molar-refractivity contribution in [3.8, 4) is 11.4 Å². The number of aromatic carboxylic acids is 1. The lowest BCUT2D eigenvalue weighted by atomic mass is 10.1. The molecule has 29 heavy (non-hydrogen) atoms. The summed E-state index contributed by atoms with van der Waals surface area (Å²) in [4.78, 5) is 28.6. The highest BCUT2D eigenvalue weighted by molar-refractivity contribution is 6.03. The molecular weight excluding hydrogens is 370 g/mol. The molecule has 1 amide bonds. The molecule has 0 bridgehead atoms. The van der Waals surface area contributed by atoms with Crippen LogP contribution in [0.1, 0.15) is 22.3 Å². The number of carbonyl (C=O) groups excluding carboxylic acids is 1. The second kappa shape index (κ2) is 7.93. The van der Waals surface area contributed by atoms with Gasteiger partial charge in [0.15, 0.2) is 5.56 Å². The number of aryl methyl sites for hydroxylation is 1. The Balaban J connectivity index is 1.57. The number of nitrogens with zero attached hydrogens (tertiary/aromatic N) is 2. The number of carboxylic acids is 1. The van der Waals surface area contributed by atoms with Crippen molar-refractivity contribution in [1.29, 1.82) is 0 Å². The van der Waals surface area contributed by atoms with E-state index in [1.54, 1.807) is 6.07 Å². The van der Waals surface area contributed by atoms with Crippen LogP contribution >= 0.6 is 0 Å². The van der Waals surface area contributed by atoms with Gasteiger partial charge in [-0.15, -0.1) is 0 Å². The smallest absolute Gasteiger partial charge is 0.343 e. The molecule has 0 aliphatic carbocycles. The Labute approximate surface area is 166 Å². The van der Waals surface area contributed by atoms with E-state index in [-0.39, 0.29) is 29.5 Å². The zero-order valence-electron chi connectivity index (χ0n) is 15.3. The van der Waals surface area contributed by atoms with Crippen LogP contribution in [-0.2, 0) is 11.2 Å². The SMILES string of the molecule is O=C(CCc1ccccc1)Nc1onc(-c2ccc3ccccc3n2)c1C(=O)O. The van der Waals surface area contributed by atoms with Crippen LogP contribution in [0.5, 0.6) is 0 Å². The van der Waals surface area contributed by atoms with Crippen molar-refractivity contribution >= 4 is 28.7 Å². The van der Waals surface area contributed by atoms with Crippen molar-refractivity contribution < 1.29 is 19.2 Å². The van der Waals surface area contributed by atoms with Gasteiger partial charge in [0.25, 0.3) is 0 Å². The highest BCUT2D eigenvalue weighted by atomic mass is 16.5. The van der Waals surface area contributed by atoms with Gasteiger partial charge in [-0.1, -0.05) is 59.8 Å². The molecule has 2 aromatic heterocycles. The molecule has 7 nitrogen and oxygen atoms in total.